The second-order valence-corrected chi connectivity index (χ2v) is 6.75. The Balaban J connectivity index is 1.51. The molecule has 158 valence electrons. The molecule has 0 spiro atoms. The Labute approximate surface area is 183 Å². The molecular weight excluding hydrogens is 422 g/mol. The fraction of sp³-hybridized carbons (Fsp3) is 0.0909. The number of oxime groups is 1. The summed E-state index contributed by atoms with van der Waals surface area (Å²) in [5.41, 5.74) is 2.07. The van der Waals surface area contributed by atoms with Gasteiger partial charge in [-0.25, -0.2) is 0 Å². The van der Waals surface area contributed by atoms with Crippen molar-refractivity contribution in [2.75, 3.05) is 11.9 Å². The molecule has 0 saturated heterocycles. The number of benzene rings is 3. The van der Waals surface area contributed by atoms with Gasteiger partial charge in [0.15, 0.2) is 6.61 Å². The summed E-state index contributed by atoms with van der Waals surface area (Å²) in [7, 11) is 0. The van der Waals surface area contributed by atoms with E-state index in [1.165, 1.54) is 18.3 Å². The van der Waals surface area contributed by atoms with Crippen molar-refractivity contribution in [1.29, 1.82) is 0 Å². The number of nitro benzene ring substituents is 1. The highest BCUT2D eigenvalue weighted by Crippen LogP contribution is 2.19. The van der Waals surface area contributed by atoms with Gasteiger partial charge in [-0.2, -0.15) is 0 Å². The summed E-state index contributed by atoms with van der Waals surface area (Å²) in [6.45, 7) is -0.0296. The number of halogens is 1. The first-order chi connectivity index (χ1) is 15.0. The summed E-state index contributed by atoms with van der Waals surface area (Å²) in [6, 6.07) is 20.0. The van der Waals surface area contributed by atoms with Gasteiger partial charge in [0.2, 0.25) is 0 Å². The van der Waals surface area contributed by atoms with Crippen LogP contribution in [0, 0.1) is 10.1 Å². The lowest BCUT2D eigenvalue weighted by Crippen LogP contribution is -2.16. The number of hydrogen-bond donors (Lipinski definition) is 1. The molecule has 0 aliphatic heterocycles. The normalized spacial score (nSPS) is 10.6. The van der Waals surface area contributed by atoms with Crippen molar-refractivity contribution >= 4 is 35.1 Å². The lowest BCUT2D eigenvalue weighted by atomic mass is 10.2. The predicted octanol–water partition coefficient (Wildman–Crippen LogP) is 4.82. The highest BCUT2D eigenvalue weighted by molar-refractivity contribution is 6.30. The van der Waals surface area contributed by atoms with Crippen molar-refractivity contribution in [3.05, 3.63) is 99.1 Å². The number of ether oxygens (including phenoxy) is 1. The van der Waals surface area contributed by atoms with Crippen LogP contribution in [-0.4, -0.2) is 23.7 Å². The van der Waals surface area contributed by atoms with Gasteiger partial charge in [0.25, 0.3) is 11.6 Å². The molecule has 0 atom stereocenters. The third kappa shape index (κ3) is 6.83. The van der Waals surface area contributed by atoms with Crippen molar-refractivity contribution in [3.63, 3.8) is 0 Å². The third-order valence-electron chi connectivity index (χ3n) is 4.05. The predicted molar refractivity (Wildman–Crippen MR) is 117 cm³/mol. The summed E-state index contributed by atoms with van der Waals surface area (Å²) in [5.74, 6) is 0.195. The zero-order valence-corrected chi connectivity index (χ0v) is 17.0. The van der Waals surface area contributed by atoms with Crippen LogP contribution in [0.5, 0.6) is 5.75 Å². The lowest BCUT2D eigenvalue weighted by Gasteiger charge is -2.09. The van der Waals surface area contributed by atoms with Gasteiger partial charge in [-0.3, -0.25) is 14.9 Å². The Morgan fingerprint density at radius 1 is 1.06 bits per heavy atom. The standard InChI is InChI=1S/C22H18ClN3O5/c23-18-7-9-19(10-8-18)25-22(27)15-31-24-13-17-3-1-2-4-21(17)30-14-16-5-11-20(12-6-16)26(28)29/h1-13H,14-15H2,(H,25,27)/b24-13+. The van der Waals surface area contributed by atoms with Crippen molar-refractivity contribution in [2.45, 2.75) is 6.61 Å². The molecule has 0 heterocycles. The maximum atomic E-state index is 11.9. The smallest absolute Gasteiger partial charge is 0.269 e. The van der Waals surface area contributed by atoms with E-state index in [1.54, 1.807) is 48.5 Å². The van der Waals surface area contributed by atoms with Crippen LogP contribution in [0.25, 0.3) is 0 Å². The van der Waals surface area contributed by atoms with Crippen LogP contribution in [0.15, 0.2) is 78.0 Å². The van der Waals surface area contributed by atoms with Gasteiger partial charge in [-0.05, 0) is 54.1 Å². The van der Waals surface area contributed by atoms with Crippen LogP contribution in [0.1, 0.15) is 11.1 Å². The minimum atomic E-state index is -0.452. The fourth-order valence-corrected chi connectivity index (χ4v) is 2.64. The minimum Gasteiger partial charge on any atom is -0.488 e. The zero-order chi connectivity index (χ0) is 22.1. The molecule has 1 N–H and O–H groups in total. The fourth-order valence-electron chi connectivity index (χ4n) is 2.51. The van der Waals surface area contributed by atoms with Gasteiger partial charge in [-0.15, -0.1) is 0 Å². The SMILES string of the molecule is O=C(CO/N=C/c1ccccc1OCc1ccc([N+](=O)[O-])cc1)Nc1ccc(Cl)cc1. The van der Waals surface area contributed by atoms with Gasteiger partial charge in [0.05, 0.1) is 11.1 Å². The highest BCUT2D eigenvalue weighted by Gasteiger charge is 2.06. The van der Waals surface area contributed by atoms with E-state index in [2.05, 4.69) is 10.5 Å². The topological polar surface area (TPSA) is 103 Å². The number of carbonyl (C=O) groups is 1. The van der Waals surface area contributed by atoms with Crippen LogP contribution < -0.4 is 10.1 Å². The molecule has 0 aliphatic rings. The molecule has 0 aromatic heterocycles. The zero-order valence-electron chi connectivity index (χ0n) is 16.2. The lowest BCUT2D eigenvalue weighted by molar-refractivity contribution is -0.384. The summed E-state index contributed by atoms with van der Waals surface area (Å²) in [6.07, 6.45) is 1.45. The molecule has 1 amide bonds. The first kappa shape index (κ1) is 21.8. The van der Waals surface area contributed by atoms with Gasteiger partial charge in [-0.1, -0.05) is 28.9 Å². The summed E-state index contributed by atoms with van der Waals surface area (Å²) in [4.78, 5) is 27.2. The highest BCUT2D eigenvalue weighted by atomic mass is 35.5. The van der Waals surface area contributed by atoms with E-state index in [0.717, 1.165) is 5.56 Å². The van der Waals surface area contributed by atoms with E-state index in [9.17, 15) is 14.9 Å². The van der Waals surface area contributed by atoms with Gasteiger partial charge in [0.1, 0.15) is 12.4 Å². The summed E-state index contributed by atoms with van der Waals surface area (Å²) < 4.78 is 5.78. The number of non-ortho nitro benzene ring substituents is 1. The first-order valence-electron chi connectivity index (χ1n) is 9.17. The number of para-hydroxylation sites is 1. The van der Waals surface area contributed by atoms with Crippen LogP contribution in [0.4, 0.5) is 11.4 Å². The average Bonchev–Trinajstić information content (AvgIpc) is 2.78. The molecule has 0 aliphatic carbocycles. The Kier molecular flexibility index (Phi) is 7.56. The molecule has 31 heavy (non-hydrogen) atoms. The van der Waals surface area contributed by atoms with E-state index >= 15 is 0 Å². The van der Waals surface area contributed by atoms with Gasteiger partial charge in [0, 0.05) is 28.4 Å². The first-order valence-corrected chi connectivity index (χ1v) is 9.55. The molecule has 0 saturated carbocycles. The molecule has 3 rings (SSSR count). The van der Waals surface area contributed by atoms with Crippen LogP contribution in [0.3, 0.4) is 0 Å². The second-order valence-electron chi connectivity index (χ2n) is 6.31. The third-order valence-corrected chi connectivity index (χ3v) is 4.30. The quantitative estimate of drug-likeness (QED) is 0.292. The molecule has 3 aromatic carbocycles. The number of hydrogen-bond acceptors (Lipinski definition) is 6. The van der Waals surface area contributed by atoms with Crippen LogP contribution in [-0.2, 0) is 16.2 Å². The molecule has 3 aromatic rings. The number of carbonyl (C=O) groups excluding carboxylic acids is 1. The molecule has 9 heteroatoms. The number of anilines is 1. The van der Waals surface area contributed by atoms with E-state index in [-0.39, 0.29) is 24.8 Å². The van der Waals surface area contributed by atoms with E-state index in [1.807, 2.05) is 12.1 Å². The Bertz CT molecular complexity index is 1070. The number of nitrogens with zero attached hydrogens (tertiary/aromatic N) is 2. The van der Waals surface area contributed by atoms with Gasteiger partial charge >= 0.3 is 0 Å². The second kappa shape index (κ2) is 10.7. The van der Waals surface area contributed by atoms with E-state index in [0.29, 0.717) is 22.0 Å². The Morgan fingerprint density at radius 2 is 1.77 bits per heavy atom. The average molecular weight is 440 g/mol. The maximum Gasteiger partial charge on any atom is 0.269 e. The van der Waals surface area contributed by atoms with E-state index in [4.69, 9.17) is 21.2 Å². The van der Waals surface area contributed by atoms with Crippen LogP contribution >= 0.6 is 11.6 Å². The minimum absolute atomic E-state index is 0.0218. The largest absolute Gasteiger partial charge is 0.488 e. The van der Waals surface area contributed by atoms with E-state index < -0.39 is 4.92 Å². The molecule has 0 radical (unpaired) electrons. The number of nitro groups is 1. The van der Waals surface area contributed by atoms with Crippen molar-refractivity contribution < 1.29 is 19.3 Å². The Morgan fingerprint density at radius 3 is 2.48 bits per heavy atom. The van der Waals surface area contributed by atoms with Crippen LogP contribution in [0.2, 0.25) is 5.02 Å². The molecule has 0 fully saturated rings. The number of rotatable bonds is 9. The number of nitrogens with one attached hydrogen (secondary N) is 1. The molecule has 0 bridgehead atoms. The van der Waals surface area contributed by atoms with Gasteiger partial charge < -0.3 is 14.9 Å². The summed E-state index contributed by atoms with van der Waals surface area (Å²) in [5, 5.41) is 17.8. The molecule has 8 nitrogen and oxygen atoms in total. The molecular formula is C22H18ClN3O5. The number of amides is 1. The molecule has 0 unspecified atom stereocenters. The van der Waals surface area contributed by atoms with Crippen molar-refractivity contribution in [1.82, 2.24) is 0 Å². The Hall–Kier alpha value is -3.91. The van der Waals surface area contributed by atoms with Crippen molar-refractivity contribution in [3.8, 4) is 5.75 Å². The monoisotopic (exact) mass is 439 g/mol. The van der Waals surface area contributed by atoms with Crippen molar-refractivity contribution in [2.24, 2.45) is 5.16 Å². The summed E-state index contributed by atoms with van der Waals surface area (Å²) >= 11 is 5.81. The maximum absolute atomic E-state index is 11.9.